The molecule has 0 heterocycles. The molecule has 4 N–H and O–H groups in total. The van der Waals surface area contributed by atoms with E-state index in [2.05, 4.69) is 0 Å². The van der Waals surface area contributed by atoms with Gasteiger partial charge < -0.3 is 35.5 Å². The molecule has 0 saturated heterocycles. The first-order chi connectivity index (χ1) is 5.78. The van der Waals surface area contributed by atoms with E-state index in [0.717, 1.165) is 0 Å². The molecule has 0 radical (unpaired) electrons. The monoisotopic (exact) mass is 266 g/mol. The topological polar surface area (TPSA) is 169 Å². The number of hydrogen-bond donors (Lipinski definition) is 2. The third kappa shape index (κ3) is 6.84. The van der Waals surface area contributed by atoms with Crippen molar-refractivity contribution in [1.29, 1.82) is 0 Å². The van der Waals surface area contributed by atoms with Crippen LogP contribution in [0.2, 0.25) is 0 Å². The Morgan fingerprint density at radius 2 is 1.53 bits per heavy atom. The van der Waals surface area contributed by atoms with Crippen molar-refractivity contribution in [1.82, 2.24) is 0 Å². The van der Waals surface area contributed by atoms with Gasteiger partial charge in [0.2, 0.25) is 0 Å². The third-order valence-corrected chi connectivity index (χ3v) is 1.26. The van der Waals surface area contributed by atoms with Crippen molar-refractivity contribution in [2.24, 2.45) is 0 Å². The van der Waals surface area contributed by atoms with Gasteiger partial charge in [-0.15, -0.1) is 0 Å². The summed E-state index contributed by atoms with van der Waals surface area (Å²) < 4.78 is 0. The Morgan fingerprint density at radius 1 is 1.13 bits per heavy atom. The molecule has 1 unspecified atom stereocenters. The normalized spacial score (nSPS) is 12.6. The average molecular weight is 267 g/mol. The molecule has 0 bridgehead atoms. The summed E-state index contributed by atoms with van der Waals surface area (Å²) in [7, 11) is 0. The Kier molecular flexibility index (Phi) is 9.26. The maximum Gasteiger partial charge on any atom is 2.00 e. The van der Waals surface area contributed by atoms with Crippen molar-refractivity contribution in [3.05, 3.63) is 0 Å². The molecule has 0 aliphatic rings. The van der Waals surface area contributed by atoms with E-state index in [-0.39, 0.29) is 22.0 Å². The standard InChI is InChI=1S/C6H8O7.Ni.H2O/c7-3(8)1-6(13,5(11)12)2-4(9)10;;/h13H,1-2H2,(H,7,8)(H,9,10)(H,11,12);;1H2/q;+2;/p-2. The Morgan fingerprint density at radius 3 is 1.73 bits per heavy atom. The summed E-state index contributed by atoms with van der Waals surface area (Å²) in [5.41, 5.74) is -2.91. The van der Waals surface area contributed by atoms with E-state index >= 15 is 0 Å². The smallest absolute Gasteiger partial charge is 0.550 e. The van der Waals surface area contributed by atoms with Gasteiger partial charge in [0.05, 0.1) is 12.4 Å². The number of carboxylic acids is 3. The summed E-state index contributed by atoms with van der Waals surface area (Å²) >= 11 is 0. The van der Waals surface area contributed by atoms with Crippen LogP contribution >= 0.6 is 0 Å². The van der Waals surface area contributed by atoms with Crippen molar-refractivity contribution in [3.63, 3.8) is 0 Å². The molecule has 9 heteroatoms. The molecular formula is C6H8NiO8. The first kappa shape index (κ1) is 19.4. The van der Waals surface area contributed by atoms with Gasteiger partial charge in [0.25, 0.3) is 0 Å². The van der Waals surface area contributed by atoms with E-state index < -0.39 is 36.4 Å². The number of hydrogen-bond acceptors (Lipinski definition) is 6. The van der Waals surface area contributed by atoms with Crippen LogP contribution in [-0.2, 0) is 30.9 Å². The molecule has 0 fully saturated rings. The van der Waals surface area contributed by atoms with Gasteiger partial charge in [-0.2, -0.15) is 0 Å². The predicted molar refractivity (Wildman–Crippen MR) is 35.4 cm³/mol. The summed E-state index contributed by atoms with van der Waals surface area (Å²) in [6, 6.07) is 0. The Hall–Kier alpha value is -1.18. The summed E-state index contributed by atoms with van der Waals surface area (Å²) in [6.45, 7) is 0. The van der Waals surface area contributed by atoms with Crippen LogP contribution in [0.5, 0.6) is 0 Å². The second kappa shape index (κ2) is 7.16. The predicted octanol–water partition coefficient (Wildman–Crippen LogP) is -4.75. The van der Waals surface area contributed by atoms with Crippen LogP contribution < -0.4 is 10.2 Å². The fraction of sp³-hybridized carbons (Fsp3) is 0.500. The zero-order valence-corrected chi connectivity index (χ0v) is 8.15. The Labute approximate surface area is 93.8 Å². The molecule has 0 spiro atoms. The van der Waals surface area contributed by atoms with Crippen molar-refractivity contribution in [3.8, 4) is 0 Å². The zero-order valence-electron chi connectivity index (χ0n) is 7.17. The average Bonchev–Trinajstić information content (AvgIpc) is 1.82. The summed E-state index contributed by atoms with van der Waals surface area (Å²) in [5.74, 6) is -5.67. The minimum absolute atomic E-state index is 0. The van der Waals surface area contributed by atoms with Crippen LogP contribution in [0, 0.1) is 0 Å². The molecule has 8 nitrogen and oxygen atoms in total. The van der Waals surface area contributed by atoms with Crippen molar-refractivity contribution in [2.45, 2.75) is 18.4 Å². The Balaban J connectivity index is -0.000000720. The minimum atomic E-state index is -2.91. The van der Waals surface area contributed by atoms with Gasteiger partial charge in [0.1, 0.15) is 5.60 Å². The van der Waals surface area contributed by atoms with Crippen LogP contribution in [-0.4, -0.2) is 39.2 Å². The molecule has 0 aromatic heterocycles. The zero-order chi connectivity index (χ0) is 10.6. The first-order valence-electron chi connectivity index (χ1n) is 3.13. The van der Waals surface area contributed by atoms with E-state index in [1.54, 1.807) is 0 Å². The van der Waals surface area contributed by atoms with Gasteiger partial charge in [-0.1, -0.05) is 0 Å². The van der Waals surface area contributed by atoms with Gasteiger partial charge in [-0.05, 0) is 0 Å². The maximum atomic E-state index is 10.2. The quantitative estimate of drug-likeness (QED) is 0.471. The second-order valence-corrected chi connectivity index (χ2v) is 2.44. The van der Waals surface area contributed by atoms with E-state index in [1.165, 1.54) is 0 Å². The molecule has 0 aromatic carbocycles. The Bertz CT molecular complexity index is 234. The van der Waals surface area contributed by atoms with Gasteiger partial charge in [-0.3, -0.25) is 4.79 Å². The molecule has 0 amide bonds. The summed E-state index contributed by atoms with van der Waals surface area (Å²) in [4.78, 5) is 30.2. The number of carbonyl (C=O) groups is 3. The number of carboxylic acid groups (broad SMARTS) is 3. The maximum absolute atomic E-state index is 10.2. The molecule has 0 rings (SSSR count). The number of rotatable bonds is 5. The van der Waals surface area contributed by atoms with Crippen molar-refractivity contribution >= 4 is 17.9 Å². The van der Waals surface area contributed by atoms with Crippen LogP contribution in [0.25, 0.3) is 0 Å². The fourth-order valence-corrected chi connectivity index (χ4v) is 0.696. The summed E-state index contributed by atoms with van der Waals surface area (Å²) in [6.07, 6.45) is -2.56. The van der Waals surface area contributed by atoms with Gasteiger partial charge in [-0.25, -0.2) is 0 Å². The molecular weight excluding hydrogens is 259 g/mol. The van der Waals surface area contributed by atoms with Crippen LogP contribution in [0.4, 0.5) is 0 Å². The fourth-order valence-electron chi connectivity index (χ4n) is 0.696. The van der Waals surface area contributed by atoms with Crippen molar-refractivity contribution in [2.75, 3.05) is 0 Å². The molecule has 0 aromatic rings. The molecule has 90 valence electrons. The first-order valence-corrected chi connectivity index (χ1v) is 3.13. The van der Waals surface area contributed by atoms with Crippen molar-refractivity contribution < 1.29 is 56.8 Å². The summed E-state index contributed by atoms with van der Waals surface area (Å²) in [5, 5.41) is 37.2. The van der Waals surface area contributed by atoms with E-state index in [4.69, 9.17) is 10.2 Å². The van der Waals surface area contributed by atoms with Crippen LogP contribution in [0.15, 0.2) is 0 Å². The number of carbonyl (C=O) groups excluding carboxylic acids is 2. The molecule has 0 aliphatic carbocycles. The second-order valence-electron chi connectivity index (χ2n) is 2.44. The molecule has 0 aliphatic heterocycles. The molecule has 15 heavy (non-hydrogen) atoms. The molecule has 1 atom stereocenters. The SMILES string of the molecule is O.O=C([O-])CC(O)(CC(=O)O)C(=O)[O-].[Ni+2]. The number of aliphatic carboxylic acids is 3. The van der Waals surface area contributed by atoms with E-state index in [1.807, 2.05) is 0 Å². The van der Waals surface area contributed by atoms with Gasteiger partial charge >= 0.3 is 22.5 Å². The van der Waals surface area contributed by atoms with E-state index in [9.17, 15) is 24.6 Å². The minimum Gasteiger partial charge on any atom is -0.550 e. The van der Waals surface area contributed by atoms with Crippen LogP contribution in [0.1, 0.15) is 12.8 Å². The van der Waals surface area contributed by atoms with Gasteiger partial charge in [0, 0.05) is 12.4 Å². The van der Waals surface area contributed by atoms with Crippen LogP contribution in [0.3, 0.4) is 0 Å². The third-order valence-electron chi connectivity index (χ3n) is 1.26. The largest absolute Gasteiger partial charge is 2.00 e. The van der Waals surface area contributed by atoms with E-state index in [0.29, 0.717) is 0 Å². The number of aliphatic hydroxyl groups is 1. The molecule has 0 saturated carbocycles. The van der Waals surface area contributed by atoms with Gasteiger partial charge in [0.15, 0.2) is 0 Å².